The third-order valence-electron chi connectivity index (χ3n) is 7.33. The number of aromatic hydroxyl groups is 1. The fourth-order valence-corrected chi connectivity index (χ4v) is 5.33. The molecule has 0 fully saturated rings. The molecule has 4 N–H and O–H groups in total. The van der Waals surface area contributed by atoms with E-state index in [2.05, 4.69) is 10.6 Å². The van der Waals surface area contributed by atoms with Gasteiger partial charge in [-0.1, -0.05) is 32.0 Å². The average molecular weight is 621 g/mol. The maximum Gasteiger partial charge on any atom is 0.253 e. The number of carbonyl (C=O) groups is 3. The highest BCUT2D eigenvalue weighted by molar-refractivity contribution is 6.00. The summed E-state index contributed by atoms with van der Waals surface area (Å²) >= 11 is 0. The molecule has 0 bridgehead atoms. The number of hydrogen-bond donors (Lipinski definition) is 4. The van der Waals surface area contributed by atoms with Gasteiger partial charge in [0.05, 0.1) is 6.04 Å². The van der Waals surface area contributed by atoms with E-state index >= 15 is 0 Å². The normalized spacial score (nSPS) is 12.5. The Kier molecular flexibility index (Phi) is 10.9. The minimum absolute atomic E-state index is 0.128. The van der Waals surface area contributed by atoms with Crippen LogP contribution in [0.25, 0.3) is 10.8 Å². The van der Waals surface area contributed by atoms with Gasteiger partial charge in [0.25, 0.3) is 11.8 Å². The molecular weight excluding hydrogens is 582 g/mol. The maximum atomic E-state index is 14.0. The first-order valence-electron chi connectivity index (χ1n) is 14.9. The predicted octanol–water partition coefficient (Wildman–Crippen LogP) is 4.67. The topological polar surface area (TPSA) is 124 Å². The number of fused-ring (bicyclic) bond motifs is 1. The van der Waals surface area contributed by atoms with Gasteiger partial charge in [-0.25, -0.2) is 8.78 Å². The summed E-state index contributed by atoms with van der Waals surface area (Å²) < 4.78 is 29.3. The number of amides is 3. The van der Waals surface area contributed by atoms with E-state index in [1.807, 2.05) is 13.8 Å². The Bertz CT molecular complexity index is 1660. The van der Waals surface area contributed by atoms with Gasteiger partial charge in [0, 0.05) is 47.3 Å². The molecule has 3 aromatic carbocycles. The summed E-state index contributed by atoms with van der Waals surface area (Å²) in [6.45, 7) is 6.49. The lowest BCUT2D eigenvalue weighted by Gasteiger charge is -2.26. The van der Waals surface area contributed by atoms with Gasteiger partial charge in [0.2, 0.25) is 5.91 Å². The van der Waals surface area contributed by atoms with Gasteiger partial charge < -0.3 is 30.3 Å². The first kappa shape index (κ1) is 33.1. The molecule has 0 spiro atoms. The number of halogens is 2. The van der Waals surface area contributed by atoms with Crippen LogP contribution >= 0.6 is 0 Å². The van der Waals surface area contributed by atoms with E-state index in [1.54, 1.807) is 54.4 Å². The van der Waals surface area contributed by atoms with Crippen molar-refractivity contribution in [2.45, 2.75) is 58.8 Å². The van der Waals surface area contributed by atoms with Crippen molar-refractivity contribution < 1.29 is 33.4 Å². The lowest BCUT2D eigenvalue weighted by atomic mass is 10.0. The number of nitrogens with zero attached hydrogens (tertiary/aromatic N) is 2. The van der Waals surface area contributed by atoms with Gasteiger partial charge >= 0.3 is 0 Å². The molecular formula is C34H38F2N4O5. The Balaban J connectivity index is 1.56. The fourth-order valence-electron chi connectivity index (χ4n) is 5.33. The zero-order chi connectivity index (χ0) is 32.7. The summed E-state index contributed by atoms with van der Waals surface area (Å²) in [4.78, 5) is 41.4. The number of aromatic nitrogens is 1. The van der Waals surface area contributed by atoms with Crippen molar-refractivity contribution in [3.8, 4) is 5.88 Å². The molecule has 3 amide bonds. The highest BCUT2D eigenvalue weighted by Crippen LogP contribution is 2.26. The number of hydrogen-bond acceptors (Lipinski definition) is 5. The predicted molar refractivity (Wildman–Crippen MR) is 167 cm³/mol. The highest BCUT2D eigenvalue weighted by atomic mass is 19.1. The Hall–Kier alpha value is -4.77. The summed E-state index contributed by atoms with van der Waals surface area (Å²) in [6, 6.07) is 13.4. The first-order valence-corrected chi connectivity index (χ1v) is 14.9. The molecule has 0 radical (unpaired) electrons. The minimum Gasteiger partial charge on any atom is -0.494 e. The van der Waals surface area contributed by atoms with Crippen molar-refractivity contribution >= 4 is 28.5 Å². The van der Waals surface area contributed by atoms with E-state index in [9.17, 15) is 33.4 Å². The number of aryl methyl sites for hydroxylation is 1. The van der Waals surface area contributed by atoms with Crippen LogP contribution in [0.2, 0.25) is 0 Å². The van der Waals surface area contributed by atoms with Gasteiger partial charge in [-0.05, 0) is 73.7 Å². The molecule has 9 nitrogen and oxygen atoms in total. The van der Waals surface area contributed by atoms with Gasteiger partial charge in [-0.3, -0.25) is 14.4 Å². The van der Waals surface area contributed by atoms with Gasteiger partial charge in [0.1, 0.15) is 24.4 Å². The fraction of sp³-hybridized carbons (Fsp3) is 0.324. The van der Waals surface area contributed by atoms with E-state index in [1.165, 1.54) is 10.6 Å². The van der Waals surface area contributed by atoms with Gasteiger partial charge in [-0.2, -0.15) is 0 Å². The Labute approximate surface area is 260 Å². The van der Waals surface area contributed by atoms with E-state index in [0.29, 0.717) is 41.1 Å². The molecule has 0 aliphatic rings. The Morgan fingerprint density at radius 1 is 0.911 bits per heavy atom. The lowest BCUT2D eigenvalue weighted by molar-refractivity contribution is -0.125. The van der Waals surface area contributed by atoms with E-state index < -0.39 is 35.7 Å². The van der Waals surface area contributed by atoms with Crippen molar-refractivity contribution in [2.24, 2.45) is 0 Å². The monoisotopic (exact) mass is 620 g/mol. The smallest absolute Gasteiger partial charge is 0.253 e. The first-order chi connectivity index (χ1) is 21.5. The zero-order valence-electron chi connectivity index (χ0n) is 25.5. The van der Waals surface area contributed by atoms with Crippen molar-refractivity contribution in [1.29, 1.82) is 0 Å². The van der Waals surface area contributed by atoms with Crippen LogP contribution in [0, 0.1) is 18.6 Å². The van der Waals surface area contributed by atoms with Crippen molar-refractivity contribution in [2.75, 3.05) is 13.1 Å². The number of carbonyl (C=O) groups excluding carboxylic acids is 3. The second-order valence-electron chi connectivity index (χ2n) is 11.1. The van der Waals surface area contributed by atoms with Crippen LogP contribution in [-0.2, 0) is 17.8 Å². The Morgan fingerprint density at radius 3 is 2.20 bits per heavy atom. The highest BCUT2D eigenvalue weighted by Gasteiger charge is 2.26. The maximum absolute atomic E-state index is 14.0. The van der Waals surface area contributed by atoms with Crippen LogP contribution in [0.1, 0.15) is 58.5 Å². The van der Waals surface area contributed by atoms with Crippen LogP contribution in [-0.4, -0.2) is 62.8 Å². The van der Waals surface area contributed by atoms with E-state index in [-0.39, 0.29) is 35.9 Å². The van der Waals surface area contributed by atoms with Crippen LogP contribution in [0.4, 0.5) is 8.78 Å². The summed E-state index contributed by atoms with van der Waals surface area (Å²) in [7, 11) is 0. The van der Waals surface area contributed by atoms with Crippen molar-refractivity contribution in [3.05, 3.63) is 101 Å². The number of rotatable bonds is 13. The standard InChI is InChI=1S/C34H38F2N4O5/c1-4-10-39(11-5-2)33(44)25-13-21(3)12-24(17-25)31(42)37-29(16-22-14-26(35)18-27(36)15-22)32(43)38-30(41)20-40-19-23-8-6-7-9-28(23)34(40)45/h6-9,12-15,17-19,29,32,43,45H,4-5,10-11,16,20H2,1-3H3,(H,37,42)(H,38,41). The molecule has 0 aliphatic heterocycles. The van der Waals surface area contributed by atoms with Crippen molar-refractivity contribution in [3.63, 3.8) is 0 Å². The van der Waals surface area contributed by atoms with Gasteiger partial charge in [-0.15, -0.1) is 0 Å². The minimum atomic E-state index is -1.68. The second kappa shape index (κ2) is 14.8. The molecule has 2 unspecified atom stereocenters. The number of nitrogens with one attached hydrogen (secondary N) is 2. The molecule has 4 rings (SSSR count). The van der Waals surface area contributed by atoms with E-state index in [4.69, 9.17) is 0 Å². The molecule has 0 saturated heterocycles. The molecule has 2 atom stereocenters. The summed E-state index contributed by atoms with van der Waals surface area (Å²) in [5, 5.41) is 27.9. The molecule has 1 aromatic heterocycles. The number of aliphatic hydroxyl groups excluding tert-OH is 1. The molecule has 0 aliphatic carbocycles. The SMILES string of the molecule is CCCN(CCC)C(=O)c1cc(C)cc(C(=O)NC(Cc2cc(F)cc(F)c2)C(O)NC(=O)Cn2cc3ccccc3c2O)c1. The Morgan fingerprint density at radius 2 is 1.56 bits per heavy atom. The summed E-state index contributed by atoms with van der Waals surface area (Å²) in [6.07, 6.45) is 1.22. The summed E-state index contributed by atoms with van der Waals surface area (Å²) in [5.74, 6) is -3.36. The third kappa shape index (κ3) is 8.45. The average Bonchev–Trinajstić information content (AvgIpc) is 3.29. The number of benzene rings is 3. The van der Waals surface area contributed by atoms with Gasteiger partial charge in [0.15, 0.2) is 5.88 Å². The van der Waals surface area contributed by atoms with Crippen LogP contribution in [0.5, 0.6) is 5.88 Å². The third-order valence-corrected chi connectivity index (χ3v) is 7.33. The largest absolute Gasteiger partial charge is 0.494 e. The van der Waals surface area contributed by atoms with Crippen LogP contribution in [0.15, 0.2) is 66.9 Å². The van der Waals surface area contributed by atoms with E-state index in [0.717, 1.165) is 25.0 Å². The molecule has 4 aromatic rings. The molecule has 45 heavy (non-hydrogen) atoms. The molecule has 238 valence electrons. The van der Waals surface area contributed by atoms with Crippen molar-refractivity contribution in [1.82, 2.24) is 20.1 Å². The molecule has 1 heterocycles. The molecule has 11 heteroatoms. The summed E-state index contributed by atoms with van der Waals surface area (Å²) in [5.41, 5.74) is 1.27. The lowest BCUT2D eigenvalue weighted by Crippen LogP contribution is -2.53. The second-order valence-corrected chi connectivity index (χ2v) is 11.1. The van der Waals surface area contributed by atoms with Crippen LogP contribution in [0.3, 0.4) is 0 Å². The van der Waals surface area contributed by atoms with Crippen LogP contribution < -0.4 is 10.6 Å². The molecule has 0 saturated carbocycles. The quantitative estimate of drug-likeness (QED) is 0.162. The number of aliphatic hydroxyl groups is 1. The zero-order valence-corrected chi connectivity index (χ0v) is 25.5.